The molecule has 1 atom stereocenters. The second kappa shape index (κ2) is 7.31. The van der Waals surface area contributed by atoms with E-state index >= 15 is 0 Å². The van der Waals surface area contributed by atoms with Crippen molar-refractivity contribution in [1.82, 2.24) is 4.98 Å². The number of aromatic nitrogens is 1. The summed E-state index contributed by atoms with van der Waals surface area (Å²) < 4.78 is 12.5. The van der Waals surface area contributed by atoms with Gasteiger partial charge >= 0.3 is 0 Å². The number of rotatable bonds is 4. The fourth-order valence-corrected chi connectivity index (χ4v) is 3.98. The Labute approximate surface area is 165 Å². The molecule has 0 radical (unpaired) electrons. The fourth-order valence-electron chi connectivity index (χ4n) is 2.87. The Morgan fingerprint density at radius 3 is 3.00 bits per heavy atom. The Balaban J connectivity index is 1.67. The number of thiazole rings is 1. The summed E-state index contributed by atoms with van der Waals surface area (Å²) in [5, 5.41) is 4.44. The van der Waals surface area contributed by atoms with Gasteiger partial charge in [0.1, 0.15) is 5.75 Å². The second-order valence-corrected chi connectivity index (χ2v) is 7.58. The maximum Gasteiger partial charge on any atom is 0.232 e. The molecule has 7 heteroatoms. The molecule has 0 unspecified atom stereocenters. The number of ether oxygens (including phenoxy) is 2. The number of ketones is 1. The van der Waals surface area contributed by atoms with E-state index in [0.717, 1.165) is 15.8 Å². The minimum Gasteiger partial charge on any atom is -0.460 e. The first-order valence-corrected chi connectivity index (χ1v) is 9.71. The highest BCUT2D eigenvalue weighted by molar-refractivity contribution is 7.22. The Hall–Kier alpha value is -2.41. The molecule has 5 nitrogen and oxygen atoms in total. The van der Waals surface area contributed by atoms with Gasteiger partial charge in [-0.3, -0.25) is 4.79 Å². The summed E-state index contributed by atoms with van der Waals surface area (Å²) in [5.74, 6) is 0.422. The molecule has 2 heterocycles. The lowest BCUT2D eigenvalue weighted by atomic mass is 9.98. The van der Waals surface area contributed by atoms with E-state index in [9.17, 15) is 4.79 Å². The number of benzene rings is 2. The monoisotopic (exact) mass is 400 g/mol. The highest BCUT2D eigenvalue weighted by atomic mass is 35.5. The van der Waals surface area contributed by atoms with Crippen molar-refractivity contribution >= 4 is 44.1 Å². The first-order valence-electron chi connectivity index (χ1n) is 8.51. The van der Waals surface area contributed by atoms with Crippen molar-refractivity contribution in [3.05, 3.63) is 64.3 Å². The van der Waals surface area contributed by atoms with E-state index < -0.39 is 6.29 Å². The molecule has 1 aromatic heterocycles. The number of halogens is 1. The normalized spacial score (nSPS) is 17.8. The van der Waals surface area contributed by atoms with Crippen LogP contribution in [0.5, 0.6) is 5.75 Å². The van der Waals surface area contributed by atoms with Crippen LogP contribution >= 0.6 is 22.9 Å². The second-order valence-electron chi connectivity index (χ2n) is 6.11. The van der Waals surface area contributed by atoms with E-state index in [1.165, 1.54) is 11.3 Å². The summed E-state index contributed by atoms with van der Waals surface area (Å²) in [4.78, 5) is 17.5. The van der Waals surface area contributed by atoms with Gasteiger partial charge in [-0.25, -0.2) is 4.98 Å². The van der Waals surface area contributed by atoms with Gasteiger partial charge in [0.15, 0.2) is 10.9 Å². The quantitative estimate of drug-likeness (QED) is 0.610. The van der Waals surface area contributed by atoms with E-state index in [4.69, 9.17) is 21.1 Å². The molecule has 0 saturated heterocycles. The molecule has 1 N–H and O–H groups in total. The minimum absolute atomic E-state index is 0.116. The van der Waals surface area contributed by atoms with Gasteiger partial charge in [0, 0.05) is 17.8 Å². The molecule has 0 amide bonds. The Kier molecular flexibility index (Phi) is 4.86. The zero-order chi connectivity index (χ0) is 19.0. The molecular weight excluding hydrogens is 384 g/mol. The number of carbonyl (C=O) groups excluding carboxylic acids is 1. The number of Topliss-reactive ketones (excluding diaryl/α,β-unsaturated/α-hetero) is 1. The minimum atomic E-state index is -0.756. The molecule has 27 heavy (non-hydrogen) atoms. The standard InChI is InChI=1S/C20H17ClN2O3S/c1-3-25-19-14(18(24)13-8-11(2)4-7-16(13)26-19)10-22-20-23-15-6-5-12(21)9-17(15)27-20/h4-10,19H,3H2,1-2H3,(H,22,23)/t19-/m0/s1. The van der Waals surface area contributed by atoms with Gasteiger partial charge < -0.3 is 14.8 Å². The number of carbonyl (C=O) groups is 1. The van der Waals surface area contributed by atoms with Crippen LogP contribution in [0.1, 0.15) is 22.8 Å². The smallest absolute Gasteiger partial charge is 0.232 e. The van der Waals surface area contributed by atoms with Crippen molar-refractivity contribution in [2.45, 2.75) is 20.1 Å². The lowest BCUT2D eigenvalue weighted by molar-refractivity contribution is -0.0509. The van der Waals surface area contributed by atoms with Gasteiger partial charge in [0.25, 0.3) is 0 Å². The molecule has 0 spiro atoms. The van der Waals surface area contributed by atoms with Crippen LogP contribution in [-0.2, 0) is 4.74 Å². The SMILES string of the molecule is CCO[C@H]1Oc2ccc(C)cc2C(=O)C1=CNc1nc2ccc(Cl)cc2s1. The van der Waals surface area contributed by atoms with Crippen LogP contribution in [0.15, 0.2) is 48.2 Å². The van der Waals surface area contributed by atoms with Gasteiger partial charge in [-0.05, 0) is 44.2 Å². The lowest BCUT2D eigenvalue weighted by Crippen LogP contribution is -2.33. The third-order valence-electron chi connectivity index (χ3n) is 4.15. The highest BCUT2D eigenvalue weighted by Crippen LogP contribution is 2.33. The van der Waals surface area contributed by atoms with E-state index in [-0.39, 0.29) is 5.78 Å². The summed E-state index contributed by atoms with van der Waals surface area (Å²) in [7, 11) is 0. The number of nitrogens with one attached hydrogen (secondary N) is 1. The third kappa shape index (κ3) is 3.56. The molecule has 138 valence electrons. The van der Waals surface area contributed by atoms with E-state index in [2.05, 4.69) is 10.3 Å². The first-order chi connectivity index (χ1) is 13.0. The molecular formula is C20H17ClN2O3S. The molecule has 4 rings (SSSR count). The Bertz CT molecular complexity index is 1060. The lowest BCUT2D eigenvalue weighted by Gasteiger charge is -2.27. The van der Waals surface area contributed by atoms with Gasteiger partial charge in [-0.15, -0.1) is 0 Å². The topological polar surface area (TPSA) is 60.5 Å². The highest BCUT2D eigenvalue weighted by Gasteiger charge is 2.32. The molecule has 1 aliphatic rings. The summed E-state index contributed by atoms with van der Waals surface area (Å²) in [6, 6.07) is 11.1. The van der Waals surface area contributed by atoms with Crippen LogP contribution in [-0.4, -0.2) is 23.7 Å². The maximum absolute atomic E-state index is 13.0. The molecule has 3 aromatic rings. The Morgan fingerprint density at radius 2 is 2.19 bits per heavy atom. The molecule has 0 bridgehead atoms. The first kappa shape index (κ1) is 18.0. The van der Waals surface area contributed by atoms with Crippen molar-refractivity contribution in [1.29, 1.82) is 0 Å². The number of hydrogen-bond donors (Lipinski definition) is 1. The zero-order valence-corrected chi connectivity index (χ0v) is 16.4. The van der Waals surface area contributed by atoms with Crippen molar-refractivity contribution in [3.8, 4) is 5.75 Å². The van der Waals surface area contributed by atoms with Gasteiger partial charge in [0.2, 0.25) is 6.29 Å². The fraction of sp³-hybridized carbons (Fsp3) is 0.200. The van der Waals surface area contributed by atoms with Gasteiger partial charge in [-0.2, -0.15) is 0 Å². The summed E-state index contributed by atoms with van der Waals surface area (Å²) in [5.41, 5.74) is 2.79. The summed E-state index contributed by atoms with van der Waals surface area (Å²) in [6.45, 7) is 4.23. The van der Waals surface area contributed by atoms with Gasteiger partial charge in [-0.1, -0.05) is 34.6 Å². The molecule has 1 aliphatic heterocycles. The molecule has 0 saturated carbocycles. The third-order valence-corrected chi connectivity index (χ3v) is 5.33. The number of aryl methyl sites for hydroxylation is 1. The summed E-state index contributed by atoms with van der Waals surface area (Å²) >= 11 is 7.49. The largest absolute Gasteiger partial charge is 0.460 e. The van der Waals surface area contributed by atoms with Crippen molar-refractivity contribution in [3.63, 3.8) is 0 Å². The number of anilines is 1. The van der Waals surface area contributed by atoms with Crippen LogP contribution < -0.4 is 10.1 Å². The zero-order valence-electron chi connectivity index (χ0n) is 14.8. The molecule has 0 aliphatic carbocycles. The average Bonchev–Trinajstić information content (AvgIpc) is 3.04. The van der Waals surface area contributed by atoms with Gasteiger partial charge in [0.05, 0.1) is 21.4 Å². The van der Waals surface area contributed by atoms with E-state index in [0.29, 0.717) is 33.6 Å². The number of nitrogens with zero attached hydrogens (tertiary/aromatic N) is 1. The number of hydrogen-bond acceptors (Lipinski definition) is 6. The van der Waals surface area contributed by atoms with E-state index in [1.807, 2.05) is 38.1 Å². The van der Waals surface area contributed by atoms with Crippen molar-refractivity contribution < 1.29 is 14.3 Å². The molecule has 2 aromatic carbocycles. The van der Waals surface area contributed by atoms with Crippen LogP contribution in [0, 0.1) is 6.92 Å². The Morgan fingerprint density at radius 1 is 1.33 bits per heavy atom. The van der Waals surface area contributed by atoms with Crippen LogP contribution in [0.25, 0.3) is 10.2 Å². The average molecular weight is 401 g/mol. The van der Waals surface area contributed by atoms with Crippen molar-refractivity contribution in [2.24, 2.45) is 0 Å². The van der Waals surface area contributed by atoms with Crippen LogP contribution in [0.2, 0.25) is 5.02 Å². The maximum atomic E-state index is 13.0. The predicted octanol–water partition coefficient (Wildman–Crippen LogP) is 5.19. The molecule has 0 fully saturated rings. The predicted molar refractivity (Wildman–Crippen MR) is 108 cm³/mol. The van der Waals surface area contributed by atoms with E-state index in [1.54, 1.807) is 18.3 Å². The number of fused-ring (bicyclic) bond motifs is 2. The van der Waals surface area contributed by atoms with Crippen molar-refractivity contribution in [2.75, 3.05) is 11.9 Å². The van der Waals surface area contributed by atoms with Crippen LogP contribution in [0.4, 0.5) is 5.13 Å². The summed E-state index contributed by atoms with van der Waals surface area (Å²) in [6.07, 6.45) is 0.863. The van der Waals surface area contributed by atoms with Crippen LogP contribution in [0.3, 0.4) is 0 Å².